The van der Waals surface area contributed by atoms with E-state index in [4.69, 9.17) is 25.8 Å². The van der Waals surface area contributed by atoms with Gasteiger partial charge in [0.15, 0.2) is 0 Å². The van der Waals surface area contributed by atoms with Gasteiger partial charge in [0.25, 0.3) is 0 Å². The van der Waals surface area contributed by atoms with Crippen molar-refractivity contribution in [3.63, 3.8) is 0 Å². The maximum absolute atomic E-state index is 12.6. The molecule has 3 rings (SSSR count). The first-order valence-corrected chi connectivity index (χ1v) is 9.37. The zero-order valence-electron chi connectivity index (χ0n) is 15.8. The van der Waals surface area contributed by atoms with Crippen LogP contribution in [0.25, 0.3) is 0 Å². The summed E-state index contributed by atoms with van der Waals surface area (Å²) >= 11 is 6.33. The third-order valence-corrected chi connectivity index (χ3v) is 4.57. The topological polar surface area (TPSA) is 77.1 Å². The zero-order chi connectivity index (χ0) is 19.6. The second-order valence-corrected chi connectivity index (χ2v) is 8.12. The standard InChI is InChI=1S/C19H25ClN2O5/c1-19(2,3)27-18(24)22-4-5-25-10-15(22)12-6-13(8-14(20)7-12)16-9-21-17(23)11-26-16/h6-8,15-16H,4-5,9-11H2,1-3H3,(H,21,23)/t15-,16?/m0/s1. The second kappa shape index (κ2) is 8.04. The molecule has 1 N–H and O–H groups in total. The van der Waals surface area contributed by atoms with Gasteiger partial charge in [-0.05, 0) is 44.0 Å². The number of nitrogens with zero attached hydrogens (tertiary/aromatic N) is 1. The summed E-state index contributed by atoms with van der Waals surface area (Å²) in [4.78, 5) is 25.6. The second-order valence-electron chi connectivity index (χ2n) is 7.69. The first kappa shape index (κ1) is 19.9. The van der Waals surface area contributed by atoms with Crippen molar-refractivity contribution in [1.29, 1.82) is 0 Å². The molecule has 27 heavy (non-hydrogen) atoms. The highest BCUT2D eigenvalue weighted by Crippen LogP contribution is 2.31. The van der Waals surface area contributed by atoms with E-state index < -0.39 is 5.60 Å². The van der Waals surface area contributed by atoms with Crippen LogP contribution in [0.4, 0.5) is 4.79 Å². The molecule has 0 bridgehead atoms. The third kappa shape index (κ3) is 5.12. The van der Waals surface area contributed by atoms with Crippen molar-refractivity contribution in [2.75, 3.05) is 32.9 Å². The van der Waals surface area contributed by atoms with E-state index in [1.54, 1.807) is 4.90 Å². The fraction of sp³-hybridized carbons (Fsp3) is 0.579. The van der Waals surface area contributed by atoms with Gasteiger partial charge in [-0.3, -0.25) is 9.69 Å². The predicted octanol–water partition coefficient (Wildman–Crippen LogP) is 2.84. The summed E-state index contributed by atoms with van der Waals surface area (Å²) in [6.07, 6.45) is -0.654. The van der Waals surface area contributed by atoms with E-state index in [-0.39, 0.29) is 30.8 Å². The van der Waals surface area contributed by atoms with Crippen molar-refractivity contribution in [2.24, 2.45) is 0 Å². The molecular weight excluding hydrogens is 372 g/mol. The van der Waals surface area contributed by atoms with Gasteiger partial charge in [-0.1, -0.05) is 17.7 Å². The lowest BCUT2D eigenvalue weighted by atomic mass is 9.99. The number of benzene rings is 1. The number of hydrogen-bond donors (Lipinski definition) is 1. The van der Waals surface area contributed by atoms with E-state index in [0.717, 1.165) is 11.1 Å². The Bertz CT molecular complexity index is 709. The molecule has 2 fully saturated rings. The Kier molecular flexibility index (Phi) is 5.93. The molecule has 8 heteroatoms. The molecule has 2 saturated heterocycles. The number of ether oxygens (including phenoxy) is 3. The number of carbonyl (C=O) groups excluding carboxylic acids is 2. The number of halogens is 1. The fourth-order valence-corrected chi connectivity index (χ4v) is 3.39. The van der Waals surface area contributed by atoms with Crippen molar-refractivity contribution in [3.8, 4) is 0 Å². The Morgan fingerprint density at radius 3 is 2.70 bits per heavy atom. The molecule has 1 aromatic rings. The number of rotatable bonds is 2. The van der Waals surface area contributed by atoms with Crippen LogP contribution in [-0.2, 0) is 19.0 Å². The Hall–Kier alpha value is -1.83. The van der Waals surface area contributed by atoms with Gasteiger partial charge in [-0.2, -0.15) is 0 Å². The quantitative estimate of drug-likeness (QED) is 0.831. The number of hydrogen-bond acceptors (Lipinski definition) is 5. The van der Waals surface area contributed by atoms with E-state index >= 15 is 0 Å². The monoisotopic (exact) mass is 396 g/mol. The molecule has 0 aliphatic carbocycles. The molecule has 2 heterocycles. The van der Waals surface area contributed by atoms with Crippen molar-refractivity contribution >= 4 is 23.6 Å². The number of nitrogens with one attached hydrogen (secondary N) is 1. The summed E-state index contributed by atoms with van der Waals surface area (Å²) in [7, 11) is 0. The lowest BCUT2D eigenvalue weighted by molar-refractivity contribution is -0.133. The fourth-order valence-electron chi connectivity index (χ4n) is 3.14. The van der Waals surface area contributed by atoms with Crippen LogP contribution in [0.15, 0.2) is 18.2 Å². The van der Waals surface area contributed by atoms with E-state index in [1.807, 2.05) is 39.0 Å². The molecule has 0 aromatic heterocycles. The average Bonchev–Trinajstić information content (AvgIpc) is 2.60. The maximum atomic E-state index is 12.6. The molecule has 148 valence electrons. The summed E-state index contributed by atoms with van der Waals surface area (Å²) in [5, 5.41) is 3.33. The first-order chi connectivity index (χ1) is 12.7. The van der Waals surface area contributed by atoms with Crippen LogP contribution in [0, 0.1) is 0 Å². The van der Waals surface area contributed by atoms with Crippen LogP contribution in [0.2, 0.25) is 5.02 Å². The van der Waals surface area contributed by atoms with Gasteiger partial charge < -0.3 is 19.5 Å². The minimum atomic E-state index is -0.576. The maximum Gasteiger partial charge on any atom is 0.410 e. The molecule has 0 radical (unpaired) electrons. The van der Waals surface area contributed by atoms with Gasteiger partial charge in [-0.15, -0.1) is 0 Å². The molecule has 1 unspecified atom stereocenters. The minimum Gasteiger partial charge on any atom is -0.444 e. The summed E-state index contributed by atoms with van der Waals surface area (Å²) in [6.45, 7) is 7.18. The molecule has 0 saturated carbocycles. The van der Waals surface area contributed by atoms with Crippen LogP contribution in [0.5, 0.6) is 0 Å². The Labute approximate surface area is 163 Å². The van der Waals surface area contributed by atoms with Gasteiger partial charge in [-0.25, -0.2) is 4.79 Å². The summed E-state index contributed by atoms with van der Waals surface area (Å²) in [5.74, 6) is -0.134. The summed E-state index contributed by atoms with van der Waals surface area (Å²) in [6, 6.07) is 5.28. The molecule has 1 aromatic carbocycles. The lowest BCUT2D eigenvalue weighted by Crippen LogP contribution is -2.45. The first-order valence-electron chi connectivity index (χ1n) is 8.99. The number of amides is 2. The summed E-state index contributed by atoms with van der Waals surface area (Å²) in [5.41, 5.74) is 1.13. The highest BCUT2D eigenvalue weighted by Gasteiger charge is 2.33. The van der Waals surface area contributed by atoms with Crippen LogP contribution in [0.1, 0.15) is 44.0 Å². The van der Waals surface area contributed by atoms with Crippen LogP contribution in [0.3, 0.4) is 0 Å². The van der Waals surface area contributed by atoms with Gasteiger partial charge in [0, 0.05) is 18.1 Å². The third-order valence-electron chi connectivity index (χ3n) is 4.36. The van der Waals surface area contributed by atoms with E-state index in [0.29, 0.717) is 31.3 Å². The molecule has 2 aliphatic rings. The smallest absolute Gasteiger partial charge is 0.410 e. The van der Waals surface area contributed by atoms with Crippen LogP contribution < -0.4 is 5.32 Å². The van der Waals surface area contributed by atoms with E-state index in [9.17, 15) is 9.59 Å². The van der Waals surface area contributed by atoms with E-state index in [1.165, 1.54) is 0 Å². The molecule has 2 atom stereocenters. The van der Waals surface area contributed by atoms with Gasteiger partial charge in [0.1, 0.15) is 18.3 Å². The molecule has 7 nitrogen and oxygen atoms in total. The van der Waals surface area contributed by atoms with Crippen molar-refractivity contribution < 1.29 is 23.8 Å². The molecule has 2 aliphatic heterocycles. The van der Waals surface area contributed by atoms with Crippen LogP contribution in [-0.4, -0.2) is 55.4 Å². The SMILES string of the molecule is CC(C)(C)OC(=O)N1CCOC[C@H]1c1cc(Cl)cc(C2CNC(=O)CO2)c1. The highest BCUT2D eigenvalue weighted by molar-refractivity contribution is 6.30. The molecule has 2 amide bonds. The van der Waals surface area contributed by atoms with Crippen molar-refractivity contribution in [2.45, 2.75) is 38.5 Å². The summed E-state index contributed by atoms with van der Waals surface area (Å²) < 4.78 is 16.8. The Morgan fingerprint density at radius 1 is 1.30 bits per heavy atom. The normalized spacial score (nSPS) is 23.7. The lowest BCUT2D eigenvalue weighted by Gasteiger charge is -2.37. The van der Waals surface area contributed by atoms with Gasteiger partial charge in [0.05, 0.1) is 19.3 Å². The zero-order valence-corrected chi connectivity index (χ0v) is 16.5. The van der Waals surface area contributed by atoms with Gasteiger partial charge >= 0.3 is 6.09 Å². The van der Waals surface area contributed by atoms with Crippen molar-refractivity contribution in [3.05, 3.63) is 34.3 Å². The Balaban J connectivity index is 1.84. The number of carbonyl (C=O) groups is 2. The largest absolute Gasteiger partial charge is 0.444 e. The number of morpholine rings is 2. The van der Waals surface area contributed by atoms with E-state index in [2.05, 4.69) is 5.32 Å². The predicted molar refractivity (Wildman–Crippen MR) is 99.7 cm³/mol. The van der Waals surface area contributed by atoms with Crippen LogP contribution >= 0.6 is 11.6 Å². The molecule has 0 spiro atoms. The van der Waals surface area contributed by atoms with Gasteiger partial charge in [0.2, 0.25) is 5.91 Å². The highest BCUT2D eigenvalue weighted by atomic mass is 35.5. The minimum absolute atomic E-state index is 0.0170. The molecular formula is C19H25ClN2O5. The Morgan fingerprint density at radius 2 is 2.04 bits per heavy atom. The average molecular weight is 397 g/mol. The van der Waals surface area contributed by atoms with Crippen molar-refractivity contribution in [1.82, 2.24) is 10.2 Å².